The van der Waals surface area contributed by atoms with Crippen LogP contribution >= 0.6 is 0 Å². The van der Waals surface area contributed by atoms with Gasteiger partial charge in [-0.05, 0) is 42.8 Å². The third kappa shape index (κ3) is 4.82. The highest BCUT2D eigenvalue weighted by Gasteiger charge is 2.19. The maximum atomic E-state index is 5.81. The van der Waals surface area contributed by atoms with Crippen LogP contribution in [0.2, 0.25) is 0 Å². The SMILES string of the molecule is COc1ccc(OCCCN2CCN(c3ccccc3OC)CC2)cc1. The Hall–Kier alpha value is -2.40. The Morgan fingerprint density at radius 2 is 1.50 bits per heavy atom. The van der Waals surface area contributed by atoms with Crippen molar-refractivity contribution in [3.63, 3.8) is 0 Å². The first kappa shape index (κ1) is 18.4. The van der Waals surface area contributed by atoms with Gasteiger partial charge < -0.3 is 19.1 Å². The van der Waals surface area contributed by atoms with Crippen LogP contribution in [-0.2, 0) is 0 Å². The summed E-state index contributed by atoms with van der Waals surface area (Å²) in [4.78, 5) is 4.91. The van der Waals surface area contributed by atoms with Gasteiger partial charge in [0.05, 0.1) is 26.5 Å². The van der Waals surface area contributed by atoms with Crippen molar-refractivity contribution in [1.29, 1.82) is 0 Å². The third-order valence-corrected chi connectivity index (χ3v) is 4.74. The van der Waals surface area contributed by atoms with E-state index in [1.165, 1.54) is 5.69 Å². The fourth-order valence-corrected chi connectivity index (χ4v) is 3.25. The lowest BCUT2D eigenvalue weighted by Gasteiger charge is -2.36. The normalized spacial score (nSPS) is 14.9. The van der Waals surface area contributed by atoms with Gasteiger partial charge in [0.15, 0.2) is 0 Å². The van der Waals surface area contributed by atoms with E-state index in [0.717, 1.165) is 63.0 Å². The van der Waals surface area contributed by atoms with E-state index in [1.54, 1.807) is 14.2 Å². The minimum Gasteiger partial charge on any atom is -0.497 e. The van der Waals surface area contributed by atoms with Crippen LogP contribution < -0.4 is 19.1 Å². The van der Waals surface area contributed by atoms with Gasteiger partial charge in [-0.1, -0.05) is 12.1 Å². The summed E-state index contributed by atoms with van der Waals surface area (Å²) >= 11 is 0. The number of nitrogens with zero attached hydrogens (tertiary/aromatic N) is 2. The number of methoxy groups -OCH3 is 2. The molecule has 0 unspecified atom stereocenters. The Labute approximate surface area is 156 Å². The molecule has 0 spiro atoms. The van der Waals surface area contributed by atoms with Gasteiger partial charge >= 0.3 is 0 Å². The first-order valence-electron chi connectivity index (χ1n) is 9.17. The highest BCUT2D eigenvalue weighted by Crippen LogP contribution is 2.28. The van der Waals surface area contributed by atoms with Gasteiger partial charge in [-0.15, -0.1) is 0 Å². The Kier molecular flexibility index (Phi) is 6.61. The Balaban J connectivity index is 1.37. The topological polar surface area (TPSA) is 34.2 Å². The van der Waals surface area contributed by atoms with Crippen LogP contribution in [0.3, 0.4) is 0 Å². The number of anilines is 1. The van der Waals surface area contributed by atoms with Gasteiger partial charge in [0.1, 0.15) is 17.2 Å². The van der Waals surface area contributed by atoms with Gasteiger partial charge in [0.2, 0.25) is 0 Å². The summed E-state index contributed by atoms with van der Waals surface area (Å²) in [6.07, 6.45) is 1.03. The van der Waals surface area contributed by atoms with E-state index >= 15 is 0 Å². The Morgan fingerprint density at radius 3 is 2.19 bits per heavy atom. The number of rotatable bonds is 8. The minimum atomic E-state index is 0.735. The quantitative estimate of drug-likeness (QED) is 0.678. The minimum absolute atomic E-state index is 0.735. The van der Waals surface area contributed by atoms with Gasteiger partial charge in [-0.3, -0.25) is 4.90 Å². The van der Waals surface area contributed by atoms with Gasteiger partial charge in [0, 0.05) is 32.7 Å². The Morgan fingerprint density at radius 1 is 0.808 bits per heavy atom. The van der Waals surface area contributed by atoms with Crippen LogP contribution in [0, 0.1) is 0 Å². The molecule has 2 aromatic rings. The van der Waals surface area contributed by atoms with E-state index in [0.29, 0.717) is 0 Å². The van der Waals surface area contributed by atoms with Crippen LogP contribution in [0.1, 0.15) is 6.42 Å². The maximum absolute atomic E-state index is 5.81. The largest absolute Gasteiger partial charge is 0.497 e. The molecule has 0 aromatic heterocycles. The molecule has 26 heavy (non-hydrogen) atoms. The maximum Gasteiger partial charge on any atom is 0.142 e. The van der Waals surface area contributed by atoms with E-state index in [4.69, 9.17) is 14.2 Å². The summed E-state index contributed by atoms with van der Waals surface area (Å²) < 4.78 is 16.4. The van der Waals surface area contributed by atoms with Gasteiger partial charge in [-0.2, -0.15) is 0 Å². The summed E-state index contributed by atoms with van der Waals surface area (Å²) in [5, 5.41) is 0. The molecule has 1 saturated heterocycles. The number of hydrogen-bond donors (Lipinski definition) is 0. The number of benzene rings is 2. The number of piperazine rings is 1. The molecule has 140 valence electrons. The fourth-order valence-electron chi connectivity index (χ4n) is 3.25. The molecule has 0 saturated carbocycles. The summed E-state index contributed by atoms with van der Waals surface area (Å²) in [7, 11) is 3.40. The molecule has 1 aliphatic heterocycles. The zero-order chi connectivity index (χ0) is 18.2. The number of para-hydroxylation sites is 2. The molecule has 0 aliphatic carbocycles. The van der Waals surface area contributed by atoms with Crippen molar-refractivity contribution in [3.05, 3.63) is 48.5 Å². The van der Waals surface area contributed by atoms with E-state index in [2.05, 4.69) is 21.9 Å². The monoisotopic (exact) mass is 356 g/mol. The van der Waals surface area contributed by atoms with Crippen LogP contribution in [0.15, 0.2) is 48.5 Å². The fraction of sp³-hybridized carbons (Fsp3) is 0.429. The zero-order valence-electron chi connectivity index (χ0n) is 15.7. The molecule has 0 atom stereocenters. The number of hydrogen-bond acceptors (Lipinski definition) is 5. The van der Waals surface area contributed by atoms with Crippen molar-refractivity contribution < 1.29 is 14.2 Å². The van der Waals surface area contributed by atoms with Gasteiger partial charge in [-0.25, -0.2) is 0 Å². The molecule has 1 heterocycles. The zero-order valence-corrected chi connectivity index (χ0v) is 15.7. The molecule has 0 radical (unpaired) electrons. The first-order chi connectivity index (χ1) is 12.8. The predicted octanol–water partition coefficient (Wildman–Crippen LogP) is 3.29. The summed E-state index contributed by atoms with van der Waals surface area (Å²) in [6, 6.07) is 16.0. The second-order valence-electron chi connectivity index (χ2n) is 6.38. The second kappa shape index (κ2) is 9.34. The Bertz CT molecular complexity index is 667. The van der Waals surface area contributed by atoms with Crippen molar-refractivity contribution in [3.8, 4) is 17.2 Å². The van der Waals surface area contributed by atoms with E-state index in [9.17, 15) is 0 Å². The lowest BCUT2D eigenvalue weighted by atomic mass is 10.2. The molecule has 2 aromatic carbocycles. The van der Waals surface area contributed by atoms with E-state index in [1.807, 2.05) is 36.4 Å². The second-order valence-corrected chi connectivity index (χ2v) is 6.38. The lowest BCUT2D eigenvalue weighted by Crippen LogP contribution is -2.46. The van der Waals surface area contributed by atoms with Gasteiger partial charge in [0.25, 0.3) is 0 Å². The number of ether oxygens (including phenoxy) is 3. The molecular weight excluding hydrogens is 328 g/mol. The molecular formula is C21H28N2O3. The van der Waals surface area contributed by atoms with Crippen LogP contribution in [-0.4, -0.2) is 58.5 Å². The highest BCUT2D eigenvalue weighted by atomic mass is 16.5. The smallest absolute Gasteiger partial charge is 0.142 e. The first-order valence-corrected chi connectivity index (χ1v) is 9.17. The molecule has 3 rings (SSSR count). The highest BCUT2D eigenvalue weighted by molar-refractivity contribution is 5.58. The summed E-state index contributed by atoms with van der Waals surface area (Å²) in [5.41, 5.74) is 1.19. The van der Waals surface area contributed by atoms with E-state index in [-0.39, 0.29) is 0 Å². The third-order valence-electron chi connectivity index (χ3n) is 4.74. The molecule has 5 heteroatoms. The average Bonchev–Trinajstić information content (AvgIpc) is 2.72. The molecule has 0 amide bonds. The molecule has 0 N–H and O–H groups in total. The van der Waals surface area contributed by atoms with Crippen molar-refractivity contribution >= 4 is 5.69 Å². The van der Waals surface area contributed by atoms with Crippen LogP contribution in [0.5, 0.6) is 17.2 Å². The van der Waals surface area contributed by atoms with Crippen molar-refractivity contribution in [2.45, 2.75) is 6.42 Å². The predicted molar refractivity (Wildman–Crippen MR) is 105 cm³/mol. The lowest BCUT2D eigenvalue weighted by molar-refractivity contribution is 0.224. The summed E-state index contributed by atoms with van der Waals surface area (Å²) in [5.74, 6) is 2.70. The van der Waals surface area contributed by atoms with Crippen LogP contribution in [0.4, 0.5) is 5.69 Å². The van der Waals surface area contributed by atoms with Crippen LogP contribution in [0.25, 0.3) is 0 Å². The summed E-state index contributed by atoms with van der Waals surface area (Å²) in [6.45, 7) is 6.00. The standard InChI is InChI=1S/C21H28N2O3/c1-24-18-8-10-19(11-9-18)26-17-5-12-22-13-15-23(16-14-22)20-6-3-4-7-21(20)25-2/h3-4,6-11H,5,12-17H2,1-2H3. The molecule has 1 aliphatic rings. The van der Waals surface area contributed by atoms with Crippen molar-refractivity contribution in [2.75, 3.05) is 58.5 Å². The molecule has 0 bridgehead atoms. The van der Waals surface area contributed by atoms with Crippen molar-refractivity contribution in [1.82, 2.24) is 4.90 Å². The average molecular weight is 356 g/mol. The molecule has 5 nitrogen and oxygen atoms in total. The molecule has 1 fully saturated rings. The van der Waals surface area contributed by atoms with E-state index < -0.39 is 0 Å². The van der Waals surface area contributed by atoms with Crippen molar-refractivity contribution in [2.24, 2.45) is 0 Å².